The molecule has 4 aromatic heterocycles. The van der Waals surface area contributed by atoms with Crippen LogP contribution >= 0.6 is 11.3 Å². The summed E-state index contributed by atoms with van der Waals surface area (Å²) in [6, 6.07) is 9.13. The van der Waals surface area contributed by atoms with E-state index >= 15 is 4.39 Å². The minimum Gasteiger partial charge on any atom is -0.464 e. The molecule has 0 radical (unpaired) electrons. The highest BCUT2D eigenvalue weighted by Crippen LogP contribution is 2.48. The lowest BCUT2D eigenvalue weighted by Gasteiger charge is -2.30. The van der Waals surface area contributed by atoms with Crippen molar-refractivity contribution in [1.82, 2.24) is 49.9 Å². The molecule has 3 aliphatic rings. The Kier molecular flexibility index (Phi) is 12.8. The number of nitrogens with one attached hydrogen (secondary N) is 4. The van der Waals surface area contributed by atoms with Crippen LogP contribution in [0.25, 0.3) is 44.7 Å². The average molecular weight is 949 g/mol. The van der Waals surface area contributed by atoms with E-state index in [1.165, 1.54) is 20.3 Å². The van der Waals surface area contributed by atoms with Crippen LogP contribution in [-0.4, -0.2) is 103 Å². The molecule has 358 valence electrons. The van der Waals surface area contributed by atoms with Crippen molar-refractivity contribution in [3.8, 4) is 39.5 Å². The van der Waals surface area contributed by atoms with E-state index in [1.54, 1.807) is 33.5 Å². The number of alkyl carbamates (subject to hydrolysis) is 2. The number of rotatable bonds is 12. The number of aromatic amines is 2. The van der Waals surface area contributed by atoms with E-state index in [4.69, 9.17) is 29.2 Å². The van der Waals surface area contributed by atoms with E-state index in [-0.39, 0.29) is 41.7 Å². The van der Waals surface area contributed by atoms with Gasteiger partial charge in [-0.1, -0.05) is 47.6 Å². The number of H-pyrrole nitrogens is 2. The summed E-state index contributed by atoms with van der Waals surface area (Å²) in [5, 5.41) is 7.20. The number of aromatic nitrogens is 6. The largest absolute Gasteiger partial charge is 0.464 e. The van der Waals surface area contributed by atoms with Gasteiger partial charge in [0.05, 0.1) is 76.7 Å². The molecule has 2 aromatic carbocycles. The molecule has 0 saturated carbocycles. The van der Waals surface area contributed by atoms with Crippen molar-refractivity contribution in [3.63, 3.8) is 0 Å². The minimum atomic E-state index is -0.775. The molecule has 0 aliphatic carbocycles. The summed E-state index contributed by atoms with van der Waals surface area (Å²) in [5.41, 5.74) is 4.49. The number of ether oxygens (including phenoxy) is 3. The molecule has 9 rings (SSSR count). The summed E-state index contributed by atoms with van der Waals surface area (Å²) < 4.78 is 35.3. The number of benzene rings is 2. The maximum Gasteiger partial charge on any atom is 0.407 e. The Hall–Kier alpha value is -6.76. The average Bonchev–Trinajstić information content (AvgIpc) is 4.18. The Labute approximate surface area is 397 Å². The van der Waals surface area contributed by atoms with Gasteiger partial charge in [-0.25, -0.2) is 28.9 Å². The summed E-state index contributed by atoms with van der Waals surface area (Å²) in [6.45, 7) is 12.7. The standard InChI is InChI=1S/C49H57FN10O7S/c1-24(2)40(56-48(63)65-7)45(61)58-15-9-11-34(58)42-51-21-31(54-42)27-13-14-33-29(17-27)19-36-39-30(50)18-28(20-37(39)67-47(60(33)36)38-23-53-44(68-38)26(5)6)32-22-52-43(55-32)35-12-10-16-59(35)46(62)41(25(3)4)57-49(64)66-8/h13-14,17-26,34-35,40-41,47H,9-12,15-16H2,1-8H3,(H,51,54)(H,52,55)(H,56,63)(H,57,64)/t34-,35-,40-,41-,47?/m0/s1. The van der Waals surface area contributed by atoms with E-state index in [2.05, 4.69) is 34.4 Å². The van der Waals surface area contributed by atoms with Gasteiger partial charge in [0, 0.05) is 41.7 Å². The highest BCUT2D eigenvalue weighted by Gasteiger charge is 2.40. The Bertz CT molecular complexity index is 2880. The molecular formula is C49H57FN10O7S. The molecule has 5 atom stereocenters. The first-order valence-corrected chi connectivity index (χ1v) is 24.0. The van der Waals surface area contributed by atoms with Crippen molar-refractivity contribution in [2.75, 3.05) is 27.3 Å². The first-order chi connectivity index (χ1) is 32.6. The Morgan fingerprint density at radius 3 is 1.87 bits per heavy atom. The van der Waals surface area contributed by atoms with Crippen LogP contribution in [-0.2, 0) is 19.1 Å². The van der Waals surface area contributed by atoms with E-state index in [9.17, 15) is 19.2 Å². The summed E-state index contributed by atoms with van der Waals surface area (Å²) in [4.78, 5) is 77.3. The van der Waals surface area contributed by atoms with Crippen LogP contribution in [0.3, 0.4) is 0 Å². The van der Waals surface area contributed by atoms with Crippen LogP contribution < -0.4 is 15.4 Å². The molecule has 0 spiro atoms. The van der Waals surface area contributed by atoms with Crippen molar-refractivity contribution < 1.29 is 37.8 Å². The normalized spacial score (nSPS) is 18.7. The van der Waals surface area contributed by atoms with Gasteiger partial charge in [-0.15, -0.1) is 11.3 Å². The van der Waals surface area contributed by atoms with Crippen LogP contribution in [0.1, 0.15) is 113 Å². The number of fused-ring (bicyclic) bond motifs is 5. The molecule has 6 aromatic rings. The molecule has 4 N–H and O–H groups in total. The second kappa shape index (κ2) is 18.7. The fourth-order valence-corrected chi connectivity index (χ4v) is 10.6. The first-order valence-electron chi connectivity index (χ1n) is 23.2. The number of likely N-dealkylation sites (tertiary alicyclic amines) is 2. The Balaban J connectivity index is 1.03. The predicted molar refractivity (Wildman–Crippen MR) is 253 cm³/mol. The lowest BCUT2D eigenvalue weighted by Crippen LogP contribution is -2.51. The lowest BCUT2D eigenvalue weighted by atomic mass is 10.0. The summed E-state index contributed by atoms with van der Waals surface area (Å²) in [7, 11) is 2.54. The van der Waals surface area contributed by atoms with Gasteiger partial charge >= 0.3 is 12.2 Å². The van der Waals surface area contributed by atoms with E-state index in [1.807, 2.05) is 68.8 Å². The van der Waals surface area contributed by atoms with E-state index in [0.717, 1.165) is 51.3 Å². The molecule has 0 bridgehead atoms. The fourth-order valence-electron chi connectivity index (χ4n) is 9.66. The zero-order valence-corrected chi connectivity index (χ0v) is 40.2. The van der Waals surface area contributed by atoms with Crippen LogP contribution in [0.15, 0.2) is 55.0 Å². The maximum absolute atomic E-state index is 16.9. The quantitative estimate of drug-likeness (QED) is 0.0918. The lowest BCUT2D eigenvalue weighted by molar-refractivity contribution is -0.136. The molecule has 1 unspecified atom stereocenters. The van der Waals surface area contributed by atoms with Gasteiger partial charge in [-0.2, -0.15) is 0 Å². The van der Waals surface area contributed by atoms with Gasteiger partial charge in [-0.3, -0.25) is 14.2 Å². The highest BCUT2D eigenvalue weighted by molar-refractivity contribution is 7.11. The molecule has 17 nitrogen and oxygen atoms in total. The van der Waals surface area contributed by atoms with Crippen LogP contribution in [0.5, 0.6) is 5.75 Å². The zero-order valence-electron chi connectivity index (χ0n) is 39.4. The van der Waals surface area contributed by atoms with Gasteiger partial charge < -0.3 is 44.6 Å². The monoisotopic (exact) mass is 948 g/mol. The summed E-state index contributed by atoms with van der Waals surface area (Å²) in [5.74, 6) is 0.551. The predicted octanol–water partition coefficient (Wildman–Crippen LogP) is 8.84. The van der Waals surface area contributed by atoms with Gasteiger partial charge in [0.1, 0.15) is 35.3 Å². The number of nitrogens with zero attached hydrogens (tertiary/aromatic N) is 6. The third kappa shape index (κ3) is 8.56. The number of carbonyl (C=O) groups is 4. The van der Waals surface area contributed by atoms with Crippen molar-refractivity contribution in [3.05, 3.63) is 82.3 Å². The number of carbonyl (C=O) groups excluding carboxylic acids is 4. The van der Waals surface area contributed by atoms with Gasteiger partial charge in [0.2, 0.25) is 18.0 Å². The minimum absolute atomic E-state index is 0.156. The number of imidazole rings is 2. The van der Waals surface area contributed by atoms with Gasteiger partial charge in [0.25, 0.3) is 0 Å². The van der Waals surface area contributed by atoms with Crippen LogP contribution in [0, 0.1) is 17.7 Å². The van der Waals surface area contributed by atoms with Crippen LogP contribution in [0.2, 0.25) is 0 Å². The molecule has 68 heavy (non-hydrogen) atoms. The number of thiazole rings is 1. The fraction of sp³-hybridized carbons (Fsp3) is 0.449. The summed E-state index contributed by atoms with van der Waals surface area (Å²) >= 11 is 1.56. The van der Waals surface area contributed by atoms with Crippen molar-refractivity contribution in [2.45, 2.75) is 104 Å². The molecular weight excluding hydrogens is 892 g/mol. The number of hydrogen-bond donors (Lipinski definition) is 4. The van der Waals surface area contributed by atoms with Crippen molar-refractivity contribution in [2.24, 2.45) is 11.8 Å². The maximum atomic E-state index is 16.9. The third-order valence-electron chi connectivity index (χ3n) is 13.2. The molecule has 4 amide bonds. The number of hydrogen-bond acceptors (Lipinski definition) is 11. The van der Waals surface area contributed by atoms with E-state index < -0.39 is 36.3 Å². The first kappa shape index (κ1) is 46.4. The smallest absolute Gasteiger partial charge is 0.407 e. The number of amides is 4. The molecule has 3 aliphatic heterocycles. The van der Waals surface area contributed by atoms with Gasteiger partial charge in [0.15, 0.2) is 0 Å². The summed E-state index contributed by atoms with van der Waals surface area (Å²) in [6.07, 6.45) is 6.20. The zero-order chi connectivity index (χ0) is 48.1. The number of halogens is 1. The third-order valence-corrected chi connectivity index (χ3v) is 14.5. The number of methoxy groups -OCH3 is 2. The highest BCUT2D eigenvalue weighted by atomic mass is 32.1. The Morgan fingerprint density at radius 1 is 0.765 bits per heavy atom. The second-order valence-corrected chi connectivity index (χ2v) is 19.8. The van der Waals surface area contributed by atoms with Crippen molar-refractivity contribution in [1.29, 1.82) is 0 Å². The van der Waals surface area contributed by atoms with Crippen LogP contribution in [0.4, 0.5) is 14.0 Å². The SMILES string of the molecule is COC(=O)N[C@H](C(=O)N1CCC[C@H]1c1ncc(-c2cc(F)c3c(c2)OC(c2cnc(C(C)C)s2)n2c-3cc3cc(-c4cnc([C@@H]5CCCN5C(=O)[C@@H](NC(=O)OC)C(C)C)[nH]4)ccc32)[nH]1)C(C)C. The molecule has 2 saturated heterocycles. The van der Waals surface area contributed by atoms with Gasteiger partial charge in [-0.05, 0) is 67.9 Å². The van der Waals surface area contributed by atoms with Crippen molar-refractivity contribution >= 4 is 46.2 Å². The molecule has 19 heteroatoms. The molecule has 7 heterocycles. The second-order valence-electron chi connectivity index (χ2n) is 18.7. The topological polar surface area (TPSA) is 202 Å². The molecule has 2 fully saturated rings. The Morgan fingerprint density at radius 2 is 1.34 bits per heavy atom. The van der Waals surface area contributed by atoms with E-state index in [0.29, 0.717) is 59.4 Å².